The highest BCUT2D eigenvalue weighted by atomic mass is 32.2. The second-order valence-electron chi connectivity index (χ2n) is 5.56. The fraction of sp³-hybridized carbons (Fsp3) is 0.769. The number of nitrogens with zero attached hydrogens (tertiary/aromatic N) is 1. The lowest BCUT2D eigenvalue weighted by atomic mass is 9.97. The third-order valence-electron chi connectivity index (χ3n) is 4.03. The van der Waals surface area contributed by atoms with Gasteiger partial charge in [-0.25, -0.2) is 8.42 Å². The van der Waals surface area contributed by atoms with Crippen LogP contribution < -0.4 is 11.1 Å². The van der Waals surface area contributed by atoms with Gasteiger partial charge in [-0.15, -0.1) is 0 Å². The summed E-state index contributed by atoms with van der Waals surface area (Å²) in [4.78, 5) is 0.146. The second-order valence-corrected chi connectivity index (χ2v) is 8.38. The minimum absolute atomic E-state index is 0.0764. The lowest BCUT2D eigenvalue weighted by molar-refractivity contribution is 0.199. The molecule has 120 valence electrons. The first kappa shape index (κ1) is 16.5. The zero-order valence-electron chi connectivity index (χ0n) is 12.2. The Hall–Kier alpha value is -0.860. The molecule has 1 aromatic heterocycles. The average Bonchev–Trinajstić information content (AvgIpc) is 3.02. The summed E-state index contributed by atoms with van der Waals surface area (Å²) in [5.41, 5.74) is 5.74. The average molecular weight is 333 g/mol. The Morgan fingerprint density at radius 1 is 1.43 bits per heavy atom. The van der Waals surface area contributed by atoms with Gasteiger partial charge in [-0.1, -0.05) is 13.3 Å². The van der Waals surface area contributed by atoms with Crippen molar-refractivity contribution in [2.24, 2.45) is 11.8 Å². The van der Waals surface area contributed by atoms with Gasteiger partial charge in [-0.05, 0) is 42.6 Å². The predicted molar refractivity (Wildman–Crippen MR) is 85.3 cm³/mol. The van der Waals surface area contributed by atoms with Crippen LogP contribution in [0, 0.1) is 11.8 Å². The zero-order chi connectivity index (χ0) is 15.5. The van der Waals surface area contributed by atoms with Crippen LogP contribution in [0.1, 0.15) is 32.6 Å². The smallest absolute Gasteiger partial charge is 0.185 e. The number of hydrogen-bond donors (Lipinski definition) is 3. The van der Waals surface area contributed by atoms with Gasteiger partial charge >= 0.3 is 0 Å². The molecule has 1 fully saturated rings. The SMILES string of the molecule is CCCS(=O)(=O)c1c(N)nsc1NCC1CCCC1CO. The standard InChI is InChI=1S/C13H23N3O3S2/c1-2-6-21(18,19)11-12(14)16-20-13(11)15-7-9-4-3-5-10(9)8-17/h9-10,15,17H,2-8H2,1H3,(H2,14,16). The number of nitrogens with two attached hydrogens (primary N) is 1. The maximum Gasteiger partial charge on any atom is 0.185 e. The van der Waals surface area contributed by atoms with E-state index in [0.717, 1.165) is 30.8 Å². The third-order valence-corrected chi connectivity index (χ3v) is 6.96. The fourth-order valence-corrected chi connectivity index (χ4v) is 5.55. The van der Waals surface area contributed by atoms with Crippen molar-refractivity contribution in [2.75, 3.05) is 30.0 Å². The van der Waals surface area contributed by atoms with E-state index in [1.807, 2.05) is 6.92 Å². The van der Waals surface area contributed by atoms with Crippen LogP contribution in [0.25, 0.3) is 0 Å². The number of nitrogens with one attached hydrogen (secondary N) is 1. The van der Waals surface area contributed by atoms with Crippen molar-refractivity contribution in [2.45, 2.75) is 37.5 Å². The Balaban J connectivity index is 2.11. The highest BCUT2D eigenvalue weighted by Crippen LogP contribution is 2.35. The van der Waals surface area contributed by atoms with Gasteiger partial charge < -0.3 is 16.2 Å². The monoisotopic (exact) mass is 333 g/mol. The molecule has 4 N–H and O–H groups in total. The minimum Gasteiger partial charge on any atom is -0.396 e. The van der Waals surface area contributed by atoms with Crippen molar-refractivity contribution in [1.82, 2.24) is 4.37 Å². The molecule has 1 aliphatic rings. The molecule has 2 atom stereocenters. The quantitative estimate of drug-likeness (QED) is 0.702. The number of sulfone groups is 1. The Bertz CT molecular complexity index is 571. The highest BCUT2D eigenvalue weighted by Gasteiger charge is 2.29. The van der Waals surface area contributed by atoms with Crippen LogP contribution in [0.15, 0.2) is 4.90 Å². The first-order chi connectivity index (χ1) is 9.99. The van der Waals surface area contributed by atoms with Crippen molar-refractivity contribution >= 4 is 32.2 Å². The highest BCUT2D eigenvalue weighted by molar-refractivity contribution is 7.91. The molecule has 0 radical (unpaired) electrons. The molecular formula is C13H23N3O3S2. The molecule has 0 spiro atoms. The van der Waals surface area contributed by atoms with Crippen LogP contribution in [0.4, 0.5) is 10.8 Å². The van der Waals surface area contributed by atoms with Gasteiger partial charge in [-0.3, -0.25) is 0 Å². The van der Waals surface area contributed by atoms with Crippen LogP contribution in [-0.2, 0) is 9.84 Å². The molecule has 1 aliphatic carbocycles. The predicted octanol–water partition coefficient (Wildman–Crippen LogP) is 1.73. The van der Waals surface area contributed by atoms with Crippen molar-refractivity contribution in [3.05, 3.63) is 0 Å². The second kappa shape index (κ2) is 6.93. The summed E-state index contributed by atoms with van der Waals surface area (Å²) in [6.07, 6.45) is 3.76. The summed E-state index contributed by atoms with van der Waals surface area (Å²) < 4.78 is 28.5. The first-order valence-corrected chi connectivity index (χ1v) is 9.74. The van der Waals surface area contributed by atoms with Gasteiger partial charge in [0.1, 0.15) is 9.90 Å². The molecule has 21 heavy (non-hydrogen) atoms. The maximum atomic E-state index is 12.3. The maximum absolute atomic E-state index is 12.3. The Kier molecular flexibility index (Phi) is 5.45. The van der Waals surface area contributed by atoms with Crippen molar-refractivity contribution in [3.8, 4) is 0 Å². The summed E-state index contributed by atoms with van der Waals surface area (Å²) in [6, 6.07) is 0. The molecular weight excluding hydrogens is 310 g/mol. The van der Waals surface area contributed by atoms with E-state index in [2.05, 4.69) is 9.69 Å². The summed E-state index contributed by atoms with van der Waals surface area (Å²) >= 11 is 1.09. The molecule has 0 saturated heterocycles. The van der Waals surface area contributed by atoms with Crippen LogP contribution in [0.5, 0.6) is 0 Å². The largest absolute Gasteiger partial charge is 0.396 e. The van der Waals surface area contributed by atoms with E-state index in [1.54, 1.807) is 0 Å². The molecule has 1 saturated carbocycles. The van der Waals surface area contributed by atoms with Gasteiger partial charge in [0.2, 0.25) is 0 Å². The van der Waals surface area contributed by atoms with Gasteiger partial charge in [0.05, 0.1) is 5.75 Å². The van der Waals surface area contributed by atoms with E-state index in [9.17, 15) is 13.5 Å². The van der Waals surface area contributed by atoms with Gasteiger partial charge in [0.25, 0.3) is 0 Å². The van der Waals surface area contributed by atoms with Gasteiger partial charge in [0.15, 0.2) is 15.7 Å². The van der Waals surface area contributed by atoms with Gasteiger partial charge in [-0.2, -0.15) is 4.37 Å². The third kappa shape index (κ3) is 3.67. The van der Waals surface area contributed by atoms with Crippen LogP contribution in [-0.4, -0.2) is 36.8 Å². The molecule has 0 aromatic carbocycles. The lowest BCUT2D eigenvalue weighted by Gasteiger charge is -2.18. The Morgan fingerprint density at radius 2 is 2.14 bits per heavy atom. The molecule has 2 rings (SSSR count). The molecule has 8 heteroatoms. The lowest BCUT2D eigenvalue weighted by Crippen LogP contribution is -2.21. The number of anilines is 2. The summed E-state index contributed by atoms with van der Waals surface area (Å²) in [5.74, 6) is 0.840. The number of aliphatic hydroxyl groups is 1. The number of nitrogen functional groups attached to an aromatic ring is 1. The van der Waals surface area contributed by atoms with Gasteiger partial charge in [0, 0.05) is 13.2 Å². The summed E-state index contributed by atoms with van der Waals surface area (Å²) in [7, 11) is -3.38. The topological polar surface area (TPSA) is 105 Å². The molecule has 0 bridgehead atoms. The molecule has 0 amide bonds. The summed E-state index contributed by atoms with van der Waals surface area (Å²) in [5, 5.41) is 13.1. The van der Waals surface area contributed by atoms with E-state index in [1.165, 1.54) is 0 Å². The molecule has 1 aromatic rings. The van der Waals surface area contributed by atoms with E-state index in [0.29, 0.717) is 29.8 Å². The number of rotatable bonds is 7. The van der Waals surface area contributed by atoms with E-state index in [-0.39, 0.29) is 23.1 Å². The number of aliphatic hydroxyl groups excluding tert-OH is 1. The molecule has 6 nitrogen and oxygen atoms in total. The first-order valence-electron chi connectivity index (χ1n) is 7.32. The zero-order valence-corrected chi connectivity index (χ0v) is 13.8. The molecule has 2 unspecified atom stereocenters. The Labute approximate surface area is 129 Å². The van der Waals surface area contributed by atoms with E-state index < -0.39 is 9.84 Å². The molecule has 0 aliphatic heterocycles. The van der Waals surface area contributed by atoms with Crippen LogP contribution >= 0.6 is 11.5 Å². The summed E-state index contributed by atoms with van der Waals surface area (Å²) in [6.45, 7) is 2.67. The van der Waals surface area contributed by atoms with Crippen molar-refractivity contribution in [3.63, 3.8) is 0 Å². The normalized spacial score (nSPS) is 22.6. The minimum atomic E-state index is -3.38. The number of hydrogen-bond acceptors (Lipinski definition) is 7. The van der Waals surface area contributed by atoms with Crippen molar-refractivity contribution in [1.29, 1.82) is 0 Å². The van der Waals surface area contributed by atoms with Crippen LogP contribution in [0.2, 0.25) is 0 Å². The van der Waals surface area contributed by atoms with E-state index in [4.69, 9.17) is 5.73 Å². The van der Waals surface area contributed by atoms with Crippen molar-refractivity contribution < 1.29 is 13.5 Å². The van der Waals surface area contributed by atoms with E-state index >= 15 is 0 Å². The number of aromatic nitrogens is 1. The molecule has 1 heterocycles. The van der Waals surface area contributed by atoms with Crippen LogP contribution in [0.3, 0.4) is 0 Å². The Morgan fingerprint density at radius 3 is 2.81 bits per heavy atom. The fourth-order valence-electron chi connectivity index (χ4n) is 2.92.